The van der Waals surface area contributed by atoms with Gasteiger partial charge >= 0.3 is 5.97 Å². The average molecular weight is 256 g/mol. The van der Waals surface area contributed by atoms with Gasteiger partial charge in [0.2, 0.25) is 0 Å². The number of benzene rings is 1. The van der Waals surface area contributed by atoms with Crippen molar-refractivity contribution in [1.82, 2.24) is 0 Å². The Kier molecular flexibility index (Phi) is 6.69. The summed E-state index contributed by atoms with van der Waals surface area (Å²) in [7, 11) is 3.12. The van der Waals surface area contributed by atoms with Crippen LogP contribution in [0.3, 0.4) is 0 Å². The zero-order valence-corrected chi connectivity index (χ0v) is 10.8. The van der Waals surface area contributed by atoms with Crippen LogP contribution in [0.1, 0.15) is 5.56 Å². The van der Waals surface area contributed by atoms with Gasteiger partial charge in [0.05, 0.1) is 12.4 Å². The quantitative estimate of drug-likeness (QED) is 0.424. The number of hydrogen-bond acceptors (Lipinski definition) is 5. The summed E-state index contributed by atoms with van der Waals surface area (Å²) >= 11 is 1.55. The fraction of sp³-hybridized carbons (Fsp3) is 0.417. The Bertz CT molecular complexity index is 354. The van der Waals surface area contributed by atoms with Crippen LogP contribution in [0.15, 0.2) is 29.2 Å². The van der Waals surface area contributed by atoms with Crippen LogP contribution in [0.4, 0.5) is 0 Å². The fourth-order valence-corrected chi connectivity index (χ4v) is 1.99. The first-order valence-electron chi connectivity index (χ1n) is 5.12. The van der Waals surface area contributed by atoms with Crippen molar-refractivity contribution in [2.45, 2.75) is 11.3 Å². The van der Waals surface area contributed by atoms with Crippen molar-refractivity contribution in [3.8, 4) is 0 Å². The molecule has 4 nitrogen and oxygen atoms in total. The second-order valence-electron chi connectivity index (χ2n) is 3.26. The summed E-state index contributed by atoms with van der Waals surface area (Å²) in [5.41, 5.74) is 0.940. The van der Waals surface area contributed by atoms with Gasteiger partial charge in [-0.05, 0) is 11.6 Å². The summed E-state index contributed by atoms with van der Waals surface area (Å²) in [4.78, 5) is 12.5. The van der Waals surface area contributed by atoms with Crippen molar-refractivity contribution < 1.29 is 19.0 Å². The summed E-state index contributed by atoms with van der Waals surface area (Å²) in [6.07, 6.45) is 0.246. The molecule has 0 atom stereocenters. The van der Waals surface area contributed by atoms with E-state index in [2.05, 4.69) is 4.74 Å². The van der Waals surface area contributed by atoms with Crippen molar-refractivity contribution >= 4 is 17.7 Å². The van der Waals surface area contributed by atoms with E-state index in [1.54, 1.807) is 18.9 Å². The highest BCUT2D eigenvalue weighted by Gasteiger charge is 2.08. The molecule has 5 heteroatoms. The highest BCUT2D eigenvalue weighted by atomic mass is 32.2. The molecule has 0 saturated carbocycles. The Labute approximate surface area is 105 Å². The van der Waals surface area contributed by atoms with Crippen LogP contribution >= 0.6 is 11.8 Å². The van der Waals surface area contributed by atoms with E-state index in [1.807, 2.05) is 24.3 Å². The maximum Gasteiger partial charge on any atom is 0.312 e. The van der Waals surface area contributed by atoms with E-state index in [0.29, 0.717) is 5.94 Å². The van der Waals surface area contributed by atoms with Gasteiger partial charge in [0, 0.05) is 19.1 Å². The Morgan fingerprint density at radius 3 is 2.71 bits per heavy atom. The highest BCUT2D eigenvalue weighted by molar-refractivity contribution is 7.99. The molecule has 0 amide bonds. The number of carbonyl (C=O) groups is 1. The van der Waals surface area contributed by atoms with Crippen LogP contribution in [0, 0.1) is 0 Å². The molecule has 0 saturated heterocycles. The lowest BCUT2D eigenvalue weighted by molar-refractivity contribution is -0.153. The second kappa shape index (κ2) is 8.11. The first-order chi connectivity index (χ1) is 8.27. The van der Waals surface area contributed by atoms with Crippen LogP contribution in [0.25, 0.3) is 0 Å². The summed E-state index contributed by atoms with van der Waals surface area (Å²) in [5.74, 6) is 0.266. The molecular formula is C12H16O4S. The van der Waals surface area contributed by atoms with Crippen LogP contribution in [-0.2, 0) is 25.4 Å². The van der Waals surface area contributed by atoms with Crippen molar-refractivity contribution in [2.75, 3.05) is 27.0 Å². The maximum absolute atomic E-state index is 11.5. The minimum absolute atomic E-state index is 0.00772. The molecule has 0 N–H and O–H groups in total. The number of thioether (sulfide) groups is 1. The van der Waals surface area contributed by atoms with E-state index >= 15 is 0 Å². The first-order valence-corrected chi connectivity index (χ1v) is 6.10. The van der Waals surface area contributed by atoms with Crippen LogP contribution in [0.2, 0.25) is 0 Å². The van der Waals surface area contributed by atoms with Gasteiger partial charge in [-0.2, -0.15) is 0 Å². The molecule has 0 spiro atoms. The van der Waals surface area contributed by atoms with E-state index in [1.165, 1.54) is 7.11 Å². The fourth-order valence-electron chi connectivity index (χ4n) is 1.24. The normalized spacial score (nSPS) is 10.2. The zero-order chi connectivity index (χ0) is 12.5. The number of carbonyl (C=O) groups excluding carboxylic acids is 1. The van der Waals surface area contributed by atoms with Gasteiger partial charge in [-0.25, -0.2) is 0 Å². The predicted molar refractivity (Wildman–Crippen MR) is 65.8 cm³/mol. The minimum atomic E-state index is -0.294. The summed E-state index contributed by atoms with van der Waals surface area (Å²) in [6, 6.07) is 7.70. The number of ether oxygens (including phenoxy) is 3. The van der Waals surface area contributed by atoms with E-state index in [0.717, 1.165) is 10.5 Å². The van der Waals surface area contributed by atoms with Crippen molar-refractivity contribution in [3.05, 3.63) is 29.8 Å². The van der Waals surface area contributed by atoms with Crippen molar-refractivity contribution in [1.29, 1.82) is 0 Å². The van der Waals surface area contributed by atoms with Gasteiger partial charge in [0.1, 0.15) is 0 Å². The Morgan fingerprint density at radius 1 is 1.24 bits per heavy atom. The molecule has 0 unspecified atom stereocenters. The molecule has 1 aromatic carbocycles. The van der Waals surface area contributed by atoms with Gasteiger partial charge in [-0.15, -0.1) is 0 Å². The SMILES string of the molecule is COCOC(=O)Cc1ccccc1SCOC. The minimum Gasteiger partial charge on any atom is -0.438 e. The molecule has 0 fully saturated rings. The molecule has 0 aromatic heterocycles. The average Bonchev–Trinajstić information content (AvgIpc) is 2.35. The molecule has 1 aromatic rings. The summed E-state index contributed by atoms with van der Waals surface area (Å²) < 4.78 is 14.5. The summed E-state index contributed by atoms with van der Waals surface area (Å²) in [5, 5.41) is 0. The third-order valence-corrected chi connectivity index (χ3v) is 3.04. The topological polar surface area (TPSA) is 44.8 Å². The molecule has 17 heavy (non-hydrogen) atoms. The molecule has 0 radical (unpaired) electrons. The number of methoxy groups -OCH3 is 2. The van der Waals surface area contributed by atoms with Crippen molar-refractivity contribution in [2.24, 2.45) is 0 Å². The third-order valence-electron chi connectivity index (χ3n) is 1.98. The highest BCUT2D eigenvalue weighted by Crippen LogP contribution is 2.23. The smallest absolute Gasteiger partial charge is 0.312 e. The molecule has 0 heterocycles. The van der Waals surface area contributed by atoms with Gasteiger partial charge in [-0.1, -0.05) is 30.0 Å². The molecule has 1 rings (SSSR count). The standard InChI is InChI=1S/C12H16O4S/c1-14-8-16-12(13)7-10-5-3-4-6-11(10)17-9-15-2/h3-6H,7-9H2,1-2H3. The molecular weight excluding hydrogens is 240 g/mol. The number of rotatable bonds is 7. The van der Waals surface area contributed by atoms with Gasteiger partial charge < -0.3 is 14.2 Å². The predicted octanol–water partition coefficient (Wildman–Crippen LogP) is 2.07. The van der Waals surface area contributed by atoms with E-state index < -0.39 is 0 Å². The van der Waals surface area contributed by atoms with Crippen LogP contribution in [-0.4, -0.2) is 32.9 Å². The van der Waals surface area contributed by atoms with Gasteiger partial charge in [0.25, 0.3) is 0 Å². The Balaban J connectivity index is 2.59. The van der Waals surface area contributed by atoms with Crippen molar-refractivity contribution in [3.63, 3.8) is 0 Å². The summed E-state index contributed by atoms with van der Waals surface area (Å²) in [6.45, 7) is -0.00772. The lowest BCUT2D eigenvalue weighted by Gasteiger charge is -2.08. The van der Waals surface area contributed by atoms with Gasteiger partial charge in [-0.3, -0.25) is 4.79 Å². The van der Waals surface area contributed by atoms with Gasteiger partial charge in [0.15, 0.2) is 6.79 Å². The maximum atomic E-state index is 11.5. The van der Waals surface area contributed by atoms with E-state index in [4.69, 9.17) is 9.47 Å². The lowest BCUT2D eigenvalue weighted by atomic mass is 10.1. The monoisotopic (exact) mass is 256 g/mol. The molecule has 0 aliphatic heterocycles. The second-order valence-corrected chi connectivity index (χ2v) is 4.22. The van der Waals surface area contributed by atoms with E-state index in [9.17, 15) is 4.79 Å². The molecule has 0 aliphatic rings. The molecule has 94 valence electrons. The van der Waals surface area contributed by atoms with Crippen LogP contribution < -0.4 is 0 Å². The lowest BCUT2D eigenvalue weighted by Crippen LogP contribution is -2.10. The first kappa shape index (κ1) is 14.0. The molecule has 0 aliphatic carbocycles. The third kappa shape index (κ3) is 5.21. The van der Waals surface area contributed by atoms with E-state index in [-0.39, 0.29) is 19.2 Å². The number of esters is 1. The van der Waals surface area contributed by atoms with Crippen LogP contribution in [0.5, 0.6) is 0 Å². The Hall–Kier alpha value is -1.04. The number of hydrogen-bond donors (Lipinski definition) is 0. The zero-order valence-electron chi connectivity index (χ0n) is 9.97. The Morgan fingerprint density at radius 2 is 2.00 bits per heavy atom. The largest absolute Gasteiger partial charge is 0.438 e. The molecule has 0 bridgehead atoms.